The first kappa shape index (κ1) is 19.5. The molecule has 1 aliphatic carbocycles. The largest absolute Gasteiger partial charge is 0.449 e. The Morgan fingerprint density at radius 3 is 2.37 bits per heavy atom. The predicted molar refractivity (Wildman–Crippen MR) is 117 cm³/mol. The molecule has 0 aromatic heterocycles. The number of alkyl carbamates (subject to hydrolysis) is 1. The fourth-order valence-corrected chi connectivity index (χ4v) is 3.80. The van der Waals surface area contributed by atoms with Crippen LogP contribution in [0.15, 0.2) is 66.7 Å². The number of aldehydes is 1. The summed E-state index contributed by atoms with van der Waals surface area (Å²) in [6.07, 6.45) is 0.279. The monoisotopic (exact) mass is 395 g/mol. The Morgan fingerprint density at radius 2 is 1.70 bits per heavy atom. The van der Waals surface area contributed by atoms with Gasteiger partial charge in [0.25, 0.3) is 0 Å². The molecule has 1 N–H and O–H groups in total. The van der Waals surface area contributed by atoms with E-state index in [1.54, 1.807) is 12.1 Å². The number of carbonyl (C=O) groups is 2. The van der Waals surface area contributed by atoms with Crippen molar-refractivity contribution in [1.29, 1.82) is 0 Å². The smallest absolute Gasteiger partial charge is 0.407 e. The van der Waals surface area contributed by atoms with Gasteiger partial charge in [0.1, 0.15) is 6.61 Å². The van der Waals surface area contributed by atoms with E-state index >= 15 is 0 Å². The van der Waals surface area contributed by atoms with Crippen molar-refractivity contribution in [1.82, 2.24) is 5.32 Å². The molecule has 1 aliphatic rings. The topological polar surface area (TPSA) is 55.4 Å². The molecule has 0 saturated carbocycles. The van der Waals surface area contributed by atoms with E-state index in [1.807, 2.05) is 37.3 Å². The van der Waals surface area contributed by atoms with Crippen LogP contribution in [0, 0.1) is 18.8 Å². The molecular weight excluding hydrogens is 374 g/mol. The Kier molecular flexibility index (Phi) is 5.63. The number of fused-ring (bicyclic) bond motifs is 3. The van der Waals surface area contributed by atoms with Gasteiger partial charge in [-0.05, 0) is 41.3 Å². The Balaban J connectivity index is 1.36. The second-order valence-electron chi connectivity index (χ2n) is 7.19. The van der Waals surface area contributed by atoms with Gasteiger partial charge in [-0.25, -0.2) is 4.79 Å². The molecule has 0 fully saturated rings. The van der Waals surface area contributed by atoms with Gasteiger partial charge in [-0.15, -0.1) is 0 Å². The zero-order chi connectivity index (χ0) is 20.9. The van der Waals surface area contributed by atoms with Crippen LogP contribution in [0.1, 0.15) is 38.5 Å². The van der Waals surface area contributed by atoms with Gasteiger partial charge in [-0.3, -0.25) is 4.79 Å². The van der Waals surface area contributed by atoms with Crippen molar-refractivity contribution >= 4 is 12.4 Å². The van der Waals surface area contributed by atoms with E-state index in [0.29, 0.717) is 11.1 Å². The van der Waals surface area contributed by atoms with Crippen LogP contribution in [0.2, 0.25) is 0 Å². The van der Waals surface area contributed by atoms with Gasteiger partial charge in [-0.1, -0.05) is 72.0 Å². The molecule has 148 valence electrons. The second-order valence-corrected chi connectivity index (χ2v) is 7.19. The van der Waals surface area contributed by atoms with Crippen molar-refractivity contribution in [3.63, 3.8) is 0 Å². The molecule has 0 aliphatic heterocycles. The zero-order valence-corrected chi connectivity index (χ0v) is 16.6. The number of hydrogen-bond donors (Lipinski definition) is 1. The van der Waals surface area contributed by atoms with Gasteiger partial charge in [0, 0.05) is 17.0 Å². The number of ether oxygens (including phenoxy) is 1. The lowest BCUT2D eigenvalue weighted by Gasteiger charge is -2.14. The predicted octanol–water partition coefficient (Wildman–Crippen LogP) is 4.70. The third-order valence-electron chi connectivity index (χ3n) is 5.22. The van der Waals surface area contributed by atoms with Gasteiger partial charge < -0.3 is 10.1 Å². The first-order valence-corrected chi connectivity index (χ1v) is 9.81. The van der Waals surface area contributed by atoms with E-state index in [1.165, 1.54) is 22.3 Å². The van der Waals surface area contributed by atoms with Crippen molar-refractivity contribution in [2.24, 2.45) is 0 Å². The standard InChI is InChI=1S/C26H21NO3/c1-18-12-13-19(20(15-18)16-28)7-6-14-27-26(29)30-17-25-23-10-4-2-8-21(23)22-9-3-5-11-24(22)25/h2-5,8-13,15-16,25H,14,17H2,1H3,(H,27,29). The average Bonchev–Trinajstić information content (AvgIpc) is 3.10. The van der Waals surface area contributed by atoms with E-state index < -0.39 is 6.09 Å². The lowest BCUT2D eigenvalue weighted by Crippen LogP contribution is -2.26. The minimum absolute atomic E-state index is 0.0249. The third-order valence-corrected chi connectivity index (χ3v) is 5.22. The quantitative estimate of drug-likeness (QED) is 0.515. The van der Waals surface area contributed by atoms with E-state index in [9.17, 15) is 9.59 Å². The van der Waals surface area contributed by atoms with Crippen molar-refractivity contribution < 1.29 is 14.3 Å². The van der Waals surface area contributed by atoms with Crippen LogP contribution in [0.4, 0.5) is 4.79 Å². The highest BCUT2D eigenvalue weighted by atomic mass is 16.5. The van der Waals surface area contributed by atoms with Gasteiger partial charge in [0.2, 0.25) is 0 Å². The Morgan fingerprint density at radius 1 is 1.03 bits per heavy atom. The minimum Gasteiger partial charge on any atom is -0.449 e. The Bertz CT molecular complexity index is 1120. The first-order valence-electron chi connectivity index (χ1n) is 9.81. The van der Waals surface area contributed by atoms with Crippen LogP contribution in [0.3, 0.4) is 0 Å². The summed E-state index contributed by atoms with van der Waals surface area (Å²) in [5.41, 5.74) is 6.92. The van der Waals surface area contributed by atoms with E-state index in [4.69, 9.17) is 4.74 Å². The first-order chi connectivity index (χ1) is 14.7. The summed E-state index contributed by atoms with van der Waals surface area (Å²) < 4.78 is 5.48. The molecule has 0 bridgehead atoms. The number of rotatable bonds is 4. The maximum Gasteiger partial charge on any atom is 0.407 e. The number of nitrogens with one attached hydrogen (secondary N) is 1. The summed E-state index contributed by atoms with van der Waals surface area (Å²) in [4.78, 5) is 23.3. The molecule has 3 aromatic carbocycles. The lowest BCUT2D eigenvalue weighted by atomic mass is 9.98. The molecule has 4 rings (SSSR count). The summed E-state index contributed by atoms with van der Waals surface area (Å²) in [6.45, 7) is 2.33. The van der Waals surface area contributed by atoms with Gasteiger partial charge in [-0.2, -0.15) is 0 Å². The normalized spacial score (nSPS) is 11.6. The molecular formula is C26H21NO3. The molecule has 0 unspecified atom stereocenters. The molecule has 30 heavy (non-hydrogen) atoms. The molecule has 4 heteroatoms. The fraction of sp³-hybridized carbons (Fsp3) is 0.154. The van der Waals surface area contributed by atoms with E-state index in [0.717, 1.165) is 11.8 Å². The average molecular weight is 395 g/mol. The second kappa shape index (κ2) is 8.67. The number of hydrogen-bond acceptors (Lipinski definition) is 3. The maximum atomic E-state index is 12.1. The highest BCUT2D eigenvalue weighted by molar-refractivity contribution is 5.80. The highest BCUT2D eigenvalue weighted by Crippen LogP contribution is 2.44. The molecule has 0 atom stereocenters. The van der Waals surface area contributed by atoms with Crippen LogP contribution in [-0.2, 0) is 4.74 Å². The number of aryl methyl sites for hydroxylation is 1. The molecule has 0 saturated heterocycles. The van der Waals surface area contributed by atoms with Crippen LogP contribution < -0.4 is 5.32 Å². The summed E-state index contributed by atoms with van der Waals surface area (Å²) in [7, 11) is 0. The van der Waals surface area contributed by atoms with Crippen LogP contribution >= 0.6 is 0 Å². The SMILES string of the molecule is Cc1ccc(C#CCNC(=O)OCC2c3ccccc3-c3ccccc32)c(C=O)c1. The van der Waals surface area contributed by atoms with E-state index in [-0.39, 0.29) is 19.1 Å². The summed E-state index contributed by atoms with van der Waals surface area (Å²) in [6, 6.07) is 21.9. The molecule has 4 nitrogen and oxygen atoms in total. The van der Waals surface area contributed by atoms with Crippen LogP contribution in [-0.4, -0.2) is 25.5 Å². The summed E-state index contributed by atoms with van der Waals surface area (Å²) in [5, 5.41) is 2.65. The van der Waals surface area contributed by atoms with Crippen molar-refractivity contribution in [2.75, 3.05) is 13.2 Å². The third kappa shape index (κ3) is 3.97. The maximum absolute atomic E-state index is 12.1. The van der Waals surface area contributed by atoms with Gasteiger partial charge in [0.05, 0.1) is 6.54 Å². The summed E-state index contributed by atoms with van der Waals surface area (Å²) >= 11 is 0. The molecule has 1 amide bonds. The van der Waals surface area contributed by atoms with Crippen LogP contribution in [0.5, 0.6) is 0 Å². The van der Waals surface area contributed by atoms with Crippen molar-refractivity contribution in [3.05, 3.63) is 94.5 Å². The van der Waals surface area contributed by atoms with Gasteiger partial charge in [0.15, 0.2) is 6.29 Å². The lowest BCUT2D eigenvalue weighted by molar-refractivity contribution is 0.112. The number of benzene rings is 3. The molecule has 3 aromatic rings. The number of carbonyl (C=O) groups excluding carboxylic acids is 2. The molecule has 0 spiro atoms. The fourth-order valence-electron chi connectivity index (χ4n) is 3.80. The van der Waals surface area contributed by atoms with Gasteiger partial charge >= 0.3 is 6.09 Å². The summed E-state index contributed by atoms with van der Waals surface area (Å²) in [5.74, 6) is 5.81. The van der Waals surface area contributed by atoms with Crippen molar-refractivity contribution in [3.8, 4) is 23.0 Å². The Labute approximate surface area is 175 Å². The van der Waals surface area contributed by atoms with Crippen molar-refractivity contribution in [2.45, 2.75) is 12.8 Å². The van der Waals surface area contributed by atoms with Crippen LogP contribution in [0.25, 0.3) is 11.1 Å². The van der Waals surface area contributed by atoms with E-state index in [2.05, 4.69) is 41.4 Å². The highest BCUT2D eigenvalue weighted by Gasteiger charge is 2.28. The molecule has 0 heterocycles. The minimum atomic E-state index is -0.509. The zero-order valence-electron chi connectivity index (χ0n) is 16.6. The number of amides is 1. The Hall–Kier alpha value is -3.84. The molecule has 0 radical (unpaired) electrons.